The molecule has 6 nitrogen and oxygen atoms in total. The number of ether oxygens (including phenoxy) is 1. The van der Waals surface area contributed by atoms with E-state index in [1.807, 2.05) is 41.3 Å². The molecule has 1 unspecified atom stereocenters. The first-order valence-electron chi connectivity index (χ1n) is 10.6. The van der Waals surface area contributed by atoms with Crippen LogP contribution in [0.25, 0.3) is 0 Å². The van der Waals surface area contributed by atoms with Crippen LogP contribution in [0.5, 0.6) is 5.75 Å². The molecule has 0 saturated carbocycles. The minimum absolute atomic E-state index is 0.00246. The molecule has 6 heteroatoms. The zero-order chi connectivity index (χ0) is 20.1. The Morgan fingerprint density at radius 3 is 2.90 bits per heavy atom. The van der Waals surface area contributed by atoms with Crippen molar-refractivity contribution in [3.05, 3.63) is 53.7 Å². The molecular weight excluding hydrogens is 364 g/mol. The standard InChI is InChI=1S/C23H30N4O2/c1-18-6-2-7-19(16-18)29-20-8-4-13-27(17-20)23(28)21-9-3-10-22(25-21)26-14-5-11-24-12-15-26/h2-3,6-7,9-10,16,20,24H,4-5,8,11-15,17H2,1H3. The Morgan fingerprint density at radius 1 is 1.10 bits per heavy atom. The van der Waals surface area contributed by atoms with Crippen molar-refractivity contribution in [2.24, 2.45) is 0 Å². The maximum Gasteiger partial charge on any atom is 0.272 e. The summed E-state index contributed by atoms with van der Waals surface area (Å²) < 4.78 is 6.16. The first-order valence-corrected chi connectivity index (χ1v) is 10.6. The van der Waals surface area contributed by atoms with Crippen LogP contribution in [-0.4, -0.2) is 61.2 Å². The van der Waals surface area contributed by atoms with Crippen molar-refractivity contribution in [3.8, 4) is 5.75 Å². The van der Waals surface area contributed by atoms with Gasteiger partial charge in [-0.3, -0.25) is 4.79 Å². The van der Waals surface area contributed by atoms with E-state index in [1.54, 1.807) is 0 Å². The van der Waals surface area contributed by atoms with Gasteiger partial charge in [-0.15, -0.1) is 0 Å². The summed E-state index contributed by atoms with van der Waals surface area (Å²) in [5, 5.41) is 3.41. The van der Waals surface area contributed by atoms with Crippen LogP contribution < -0.4 is 15.0 Å². The predicted molar refractivity (Wildman–Crippen MR) is 115 cm³/mol. The molecule has 1 aromatic carbocycles. The number of anilines is 1. The summed E-state index contributed by atoms with van der Waals surface area (Å²) >= 11 is 0. The molecule has 1 amide bonds. The molecule has 2 aliphatic rings. The van der Waals surface area contributed by atoms with Gasteiger partial charge in [0.2, 0.25) is 0 Å². The molecule has 1 N–H and O–H groups in total. The van der Waals surface area contributed by atoms with Gasteiger partial charge in [-0.05, 0) is 62.6 Å². The van der Waals surface area contributed by atoms with Crippen LogP contribution in [0.1, 0.15) is 35.3 Å². The molecular formula is C23H30N4O2. The second-order valence-corrected chi connectivity index (χ2v) is 7.92. The van der Waals surface area contributed by atoms with Crippen molar-refractivity contribution in [1.29, 1.82) is 0 Å². The van der Waals surface area contributed by atoms with Crippen LogP contribution in [0.3, 0.4) is 0 Å². The van der Waals surface area contributed by atoms with Gasteiger partial charge in [0.15, 0.2) is 0 Å². The minimum Gasteiger partial charge on any atom is -0.489 e. The largest absolute Gasteiger partial charge is 0.489 e. The molecule has 2 fully saturated rings. The molecule has 2 aromatic rings. The molecule has 0 radical (unpaired) electrons. The highest BCUT2D eigenvalue weighted by molar-refractivity contribution is 5.92. The monoisotopic (exact) mass is 394 g/mol. The summed E-state index contributed by atoms with van der Waals surface area (Å²) in [5.74, 6) is 1.76. The van der Waals surface area contributed by atoms with E-state index in [-0.39, 0.29) is 12.0 Å². The number of amides is 1. The highest BCUT2D eigenvalue weighted by Crippen LogP contribution is 2.21. The van der Waals surface area contributed by atoms with E-state index in [0.717, 1.165) is 63.6 Å². The molecule has 0 bridgehead atoms. The van der Waals surface area contributed by atoms with Gasteiger partial charge in [0.25, 0.3) is 5.91 Å². The Balaban J connectivity index is 1.42. The average molecular weight is 395 g/mol. The van der Waals surface area contributed by atoms with Crippen molar-refractivity contribution >= 4 is 11.7 Å². The van der Waals surface area contributed by atoms with Crippen LogP contribution in [-0.2, 0) is 0 Å². The Labute approximate surface area is 172 Å². The van der Waals surface area contributed by atoms with Gasteiger partial charge in [-0.1, -0.05) is 18.2 Å². The first-order chi connectivity index (χ1) is 14.2. The van der Waals surface area contributed by atoms with Crippen molar-refractivity contribution < 1.29 is 9.53 Å². The lowest BCUT2D eigenvalue weighted by Crippen LogP contribution is -2.44. The molecule has 154 valence electrons. The maximum absolute atomic E-state index is 13.1. The molecule has 0 spiro atoms. The van der Waals surface area contributed by atoms with Crippen LogP contribution in [0.4, 0.5) is 5.82 Å². The first kappa shape index (κ1) is 19.7. The van der Waals surface area contributed by atoms with E-state index in [0.29, 0.717) is 12.2 Å². The van der Waals surface area contributed by atoms with Gasteiger partial charge in [0.05, 0.1) is 6.54 Å². The third-order valence-electron chi connectivity index (χ3n) is 5.58. The Bertz CT molecular complexity index is 833. The fourth-order valence-electron chi connectivity index (χ4n) is 4.06. The number of piperidine rings is 1. The second kappa shape index (κ2) is 9.27. The van der Waals surface area contributed by atoms with Gasteiger partial charge < -0.3 is 19.9 Å². The highest BCUT2D eigenvalue weighted by atomic mass is 16.5. The lowest BCUT2D eigenvalue weighted by atomic mass is 10.1. The molecule has 1 aromatic heterocycles. The number of aromatic nitrogens is 1. The molecule has 2 aliphatic heterocycles. The van der Waals surface area contributed by atoms with Crippen molar-refractivity contribution in [3.63, 3.8) is 0 Å². The van der Waals surface area contributed by atoms with E-state index >= 15 is 0 Å². The second-order valence-electron chi connectivity index (χ2n) is 7.92. The van der Waals surface area contributed by atoms with E-state index in [1.165, 1.54) is 5.56 Å². The number of carbonyl (C=O) groups excluding carboxylic acids is 1. The third-order valence-corrected chi connectivity index (χ3v) is 5.58. The van der Waals surface area contributed by atoms with Gasteiger partial charge in [0, 0.05) is 26.2 Å². The van der Waals surface area contributed by atoms with Gasteiger partial charge in [0.1, 0.15) is 23.4 Å². The number of hydrogen-bond donors (Lipinski definition) is 1. The predicted octanol–water partition coefficient (Wildman–Crippen LogP) is 2.87. The van der Waals surface area contributed by atoms with Gasteiger partial charge in [-0.25, -0.2) is 4.98 Å². The number of carbonyl (C=O) groups is 1. The van der Waals surface area contributed by atoms with Crippen LogP contribution in [0.2, 0.25) is 0 Å². The van der Waals surface area contributed by atoms with Crippen molar-refractivity contribution in [1.82, 2.24) is 15.2 Å². The molecule has 0 aliphatic carbocycles. The van der Waals surface area contributed by atoms with Gasteiger partial charge >= 0.3 is 0 Å². The lowest BCUT2D eigenvalue weighted by molar-refractivity contribution is 0.0532. The Kier molecular flexibility index (Phi) is 6.30. The van der Waals surface area contributed by atoms with E-state index in [9.17, 15) is 4.79 Å². The summed E-state index contributed by atoms with van der Waals surface area (Å²) in [6, 6.07) is 13.9. The van der Waals surface area contributed by atoms with Crippen LogP contribution >= 0.6 is 0 Å². The zero-order valence-corrected chi connectivity index (χ0v) is 17.1. The van der Waals surface area contributed by atoms with E-state index in [4.69, 9.17) is 9.72 Å². The smallest absolute Gasteiger partial charge is 0.272 e. The maximum atomic E-state index is 13.1. The normalized spacial score (nSPS) is 20.2. The number of aryl methyl sites for hydroxylation is 1. The van der Waals surface area contributed by atoms with E-state index < -0.39 is 0 Å². The molecule has 1 atom stereocenters. The number of nitrogens with one attached hydrogen (secondary N) is 1. The highest BCUT2D eigenvalue weighted by Gasteiger charge is 2.27. The van der Waals surface area contributed by atoms with Crippen molar-refractivity contribution in [2.45, 2.75) is 32.3 Å². The zero-order valence-electron chi connectivity index (χ0n) is 17.1. The quantitative estimate of drug-likeness (QED) is 0.864. The molecule has 3 heterocycles. The molecule has 4 rings (SSSR count). The summed E-state index contributed by atoms with van der Waals surface area (Å²) in [6.45, 7) is 7.28. The summed E-state index contributed by atoms with van der Waals surface area (Å²) in [6.07, 6.45) is 3.02. The summed E-state index contributed by atoms with van der Waals surface area (Å²) in [7, 11) is 0. The fraction of sp³-hybridized carbons (Fsp3) is 0.478. The number of hydrogen-bond acceptors (Lipinski definition) is 5. The average Bonchev–Trinajstić information content (AvgIpc) is 3.03. The number of likely N-dealkylation sites (tertiary alicyclic amines) is 1. The summed E-state index contributed by atoms with van der Waals surface area (Å²) in [4.78, 5) is 22.0. The topological polar surface area (TPSA) is 57.7 Å². The number of benzene rings is 1. The summed E-state index contributed by atoms with van der Waals surface area (Å²) in [5.41, 5.74) is 1.70. The third kappa shape index (κ3) is 5.07. The van der Waals surface area contributed by atoms with E-state index in [2.05, 4.69) is 23.2 Å². The minimum atomic E-state index is -0.00246. The fourth-order valence-corrected chi connectivity index (χ4v) is 4.06. The van der Waals surface area contributed by atoms with Gasteiger partial charge in [-0.2, -0.15) is 0 Å². The van der Waals surface area contributed by atoms with Crippen molar-refractivity contribution in [2.75, 3.05) is 44.2 Å². The van der Waals surface area contributed by atoms with Crippen LogP contribution in [0.15, 0.2) is 42.5 Å². The Morgan fingerprint density at radius 2 is 2.00 bits per heavy atom. The number of pyridine rings is 1. The molecule has 2 saturated heterocycles. The Hall–Kier alpha value is -2.60. The number of nitrogens with zero attached hydrogens (tertiary/aromatic N) is 3. The molecule has 29 heavy (non-hydrogen) atoms. The lowest BCUT2D eigenvalue weighted by Gasteiger charge is -2.33. The SMILES string of the molecule is Cc1cccc(OC2CCCN(C(=O)c3cccc(N4CCCNCC4)n3)C2)c1. The van der Waals surface area contributed by atoms with Crippen LogP contribution in [0, 0.1) is 6.92 Å². The number of rotatable bonds is 4.